The zero-order chi connectivity index (χ0) is 14.0. The van der Waals surface area contributed by atoms with Crippen LogP contribution in [0.2, 0.25) is 0 Å². The fourth-order valence-electron chi connectivity index (χ4n) is 1.57. The van der Waals surface area contributed by atoms with Crippen LogP contribution in [-0.2, 0) is 5.41 Å². The number of carbonyl (C=O) groups excluding carboxylic acids is 1. The molecule has 1 heterocycles. The van der Waals surface area contributed by atoms with Crippen molar-refractivity contribution in [2.75, 3.05) is 5.32 Å². The quantitative estimate of drug-likeness (QED) is 0.800. The number of hydrogen-bond acceptors (Lipinski definition) is 4. The molecule has 0 saturated carbocycles. The lowest BCUT2D eigenvalue weighted by molar-refractivity contribution is 0.102. The molecule has 0 aliphatic heterocycles. The van der Waals surface area contributed by atoms with E-state index in [2.05, 4.69) is 37.5 Å². The van der Waals surface area contributed by atoms with Gasteiger partial charge in [-0.15, -0.1) is 5.10 Å². The summed E-state index contributed by atoms with van der Waals surface area (Å²) in [6, 6.07) is 7.66. The van der Waals surface area contributed by atoms with Crippen LogP contribution < -0.4 is 5.32 Å². The molecule has 1 amide bonds. The maximum atomic E-state index is 12.3. The van der Waals surface area contributed by atoms with Crippen molar-refractivity contribution in [2.24, 2.45) is 0 Å². The predicted molar refractivity (Wildman–Crippen MR) is 85.7 cm³/mol. The van der Waals surface area contributed by atoms with Crippen molar-refractivity contribution >= 4 is 45.7 Å². The van der Waals surface area contributed by atoms with E-state index in [4.69, 9.17) is 0 Å². The molecular weight excluding hydrogens is 373 g/mol. The van der Waals surface area contributed by atoms with Crippen molar-refractivity contribution in [3.05, 3.63) is 38.4 Å². The van der Waals surface area contributed by atoms with Crippen LogP contribution in [0.15, 0.2) is 24.3 Å². The number of aromatic nitrogens is 2. The number of anilines is 1. The summed E-state index contributed by atoms with van der Waals surface area (Å²) in [6.07, 6.45) is 0. The molecule has 4 nitrogen and oxygen atoms in total. The predicted octanol–water partition coefficient (Wildman–Crippen LogP) is 3.69. The van der Waals surface area contributed by atoms with Gasteiger partial charge in [-0.2, -0.15) is 0 Å². The molecule has 0 radical (unpaired) electrons. The van der Waals surface area contributed by atoms with Gasteiger partial charge in [0.1, 0.15) is 4.88 Å². The van der Waals surface area contributed by atoms with Crippen LogP contribution in [-0.4, -0.2) is 15.5 Å². The second kappa shape index (κ2) is 5.54. The van der Waals surface area contributed by atoms with E-state index in [9.17, 15) is 4.79 Å². The van der Waals surface area contributed by atoms with Gasteiger partial charge in [-0.3, -0.25) is 4.79 Å². The Morgan fingerprint density at radius 3 is 2.63 bits per heavy atom. The van der Waals surface area contributed by atoms with Crippen molar-refractivity contribution in [2.45, 2.75) is 26.2 Å². The number of para-hydroxylation sites is 1. The Kier molecular flexibility index (Phi) is 4.19. The Morgan fingerprint density at radius 2 is 2.00 bits per heavy atom. The van der Waals surface area contributed by atoms with Gasteiger partial charge in [0.15, 0.2) is 0 Å². The molecule has 1 aromatic heterocycles. The van der Waals surface area contributed by atoms with Gasteiger partial charge >= 0.3 is 0 Å². The minimum Gasteiger partial charge on any atom is -0.320 e. The molecule has 0 aliphatic carbocycles. The number of carbonyl (C=O) groups is 1. The smallest absolute Gasteiger partial charge is 0.269 e. The van der Waals surface area contributed by atoms with E-state index in [0.717, 1.165) is 26.5 Å². The van der Waals surface area contributed by atoms with E-state index >= 15 is 0 Å². The highest BCUT2D eigenvalue weighted by Gasteiger charge is 2.26. The Morgan fingerprint density at radius 1 is 1.32 bits per heavy atom. The number of nitrogens with zero attached hydrogens (tertiary/aromatic N) is 2. The highest BCUT2D eigenvalue weighted by atomic mass is 127. The Hall–Kier alpha value is -1.02. The SMILES string of the molecule is CC(C)(C)c1nnsc1C(=O)Nc1ccccc1I. The normalized spacial score (nSPS) is 11.4. The van der Waals surface area contributed by atoms with Gasteiger partial charge < -0.3 is 5.32 Å². The van der Waals surface area contributed by atoms with Crippen molar-refractivity contribution in [1.29, 1.82) is 0 Å². The third-order valence-corrected chi connectivity index (χ3v) is 4.19. The van der Waals surface area contributed by atoms with Crippen molar-refractivity contribution in [3.8, 4) is 0 Å². The number of rotatable bonds is 2. The minimum atomic E-state index is -0.191. The zero-order valence-electron chi connectivity index (χ0n) is 10.9. The van der Waals surface area contributed by atoms with Gasteiger partial charge in [0.25, 0.3) is 5.91 Å². The number of hydrogen-bond donors (Lipinski definition) is 1. The Bertz CT molecular complexity index is 604. The third-order valence-electron chi connectivity index (χ3n) is 2.53. The van der Waals surface area contributed by atoms with E-state index in [1.807, 2.05) is 45.0 Å². The molecule has 19 heavy (non-hydrogen) atoms. The molecule has 2 aromatic rings. The van der Waals surface area contributed by atoms with Crippen LogP contribution in [0.25, 0.3) is 0 Å². The Balaban J connectivity index is 2.27. The average Bonchev–Trinajstić information content (AvgIpc) is 2.81. The number of nitrogens with one attached hydrogen (secondary N) is 1. The van der Waals surface area contributed by atoms with Gasteiger partial charge in [0.05, 0.1) is 11.4 Å². The van der Waals surface area contributed by atoms with Gasteiger partial charge in [-0.25, -0.2) is 0 Å². The van der Waals surface area contributed by atoms with Crippen molar-refractivity contribution < 1.29 is 4.79 Å². The van der Waals surface area contributed by atoms with Crippen LogP contribution in [0, 0.1) is 3.57 Å². The van der Waals surface area contributed by atoms with Crippen LogP contribution in [0.4, 0.5) is 5.69 Å². The van der Waals surface area contributed by atoms with Gasteiger partial charge in [0.2, 0.25) is 0 Å². The Labute approximate surface area is 129 Å². The minimum absolute atomic E-state index is 0.149. The fourth-order valence-corrected chi connectivity index (χ4v) is 2.87. The first-order valence-electron chi connectivity index (χ1n) is 5.78. The molecular formula is C13H14IN3OS. The molecule has 100 valence electrons. The number of halogens is 1. The summed E-state index contributed by atoms with van der Waals surface area (Å²) in [5.74, 6) is -0.149. The summed E-state index contributed by atoms with van der Waals surface area (Å²) in [4.78, 5) is 12.9. The van der Waals surface area contributed by atoms with E-state index in [1.54, 1.807) is 0 Å². The topological polar surface area (TPSA) is 54.9 Å². The van der Waals surface area contributed by atoms with Gasteiger partial charge in [-0.1, -0.05) is 37.4 Å². The molecule has 0 fully saturated rings. The highest BCUT2D eigenvalue weighted by molar-refractivity contribution is 14.1. The lowest BCUT2D eigenvalue weighted by Crippen LogP contribution is -2.20. The maximum Gasteiger partial charge on any atom is 0.269 e. The second-order valence-electron chi connectivity index (χ2n) is 5.13. The lowest BCUT2D eigenvalue weighted by atomic mass is 9.91. The molecule has 1 aromatic carbocycles. The van der Waals surface area contributed by atoms with E-state index in [1.165, 1.54) is 0 Å². The first kappa shape index (κ1) is 14.4. The number of benzene rings is 1. The molecule has 0 bridgehead atoms. The van der Waals surface area contributed by atoms with E-state index in [-0.39, 0.29) is 11.3 Å². The van der Waals surface area contributed by atoms with Crippen molar-refractivity contribution in [1.82, 2.24) is 9.59 Å². The van der Waals surface area contributed by atoms with Crippen LogP contribution in [0.5, 0.6) is 0 Å². The second-order valence-corrected chi connectivity index (χ2v) is 7.05. The van der Waals surface area contributed by atoms with Gasteiger partial charge in [-0.05, 0) is 46.3 Å². The summed E-state index contributed by atoms with van der Waals surface area (Å²) in [6.45, 7) is 6.06. The summed E-state index contributed by atoms with van der Waals surface area (Å²) in [5.41, 5.74) is 1.35. The average molecular weight is 387 g/mol. The third kappa shape index (κ3) is 3.30. The largest absolute Gasteiger partial charge is 0.320 e. The summed E-state index contributed by atoms with van der Waals surface area (Å²) in [5, 5.41) is 6.99. The molecule has 0 atom stereocenters. The molecule has 0 spiro atoms. The zero-order valence-corrected chi connectivity index (χ0v) is 13.9. The van der Waals surface area contributed by atoms with Crippen LogP contribution >= 0.6 is 34.1 Å². The van der Waals surface area contributed by atoms with Crippen LogP contribution in [0.3, 0.4) is 0 Å². The fraction of sp³-hybridized carbons (Fsp3) is 0.308. The lowest BCUT2D eigenvalue weighted by Gasteiger charge is -2.16. The summed E-state index contributed by atoms with van der Waals surface area (Å²) < 4.78 is 4.91. The molecule has 1 N–H and O–H groups in total. The molecule has 6 heteroatoms. The van der Waals surface area contributed by atoms with Crippen molar-refractivity contribution in [3.63, 3.8) is 0 Å². The van der Waals surface area contributed by atoms with Crippen LogP contribution in [0.1, 0.15) is 36.1 Å². The first-order chi connectivity index (χ1) is 8.89. The standard InChI is InChI=1S/C13H14IN3OS/c1-13(2,3)11-10(19-17-16-11)12(18)15-9-7-5-4-6-8(9)14/h4-7H,1-3H3,(H,15,18). The molecule has 0 unspecified atom stereocenters. The number of amides is 1. The molecule has 2 rings (SSSR count). The molecule has 0 saturated heterocycles. The molecule has 0 aliphatic rings. The van der Waals surface area contributed by atoms with E-state index < -0.39 is 0 Å². The summed E-state index contributed by atoms with van der Waals surface area (Å²) >= 11 is 3.33. The highest BCUT2D eigenvalue weighted by Crippen LogP contribution is 2.27. The summed E-state index contributed by atoms with van der Waals surface area (Å²) in [7, 11) is 0. The van der Waals surface area contributed by atoms with E-state index in [0.29, 0.717) is 4.88 Å². The first-order valence-corrected chi connectivity index (χ1v) is 7.63. The maximum absolute atomic E-state index is 12.3. The monoisotopic (exact) mass is 387 g/mol. The van der Waals surface area contributed by atoms with Gasteiger partial charge in [0, 0.05) is 8.99 Å².